The monoisotopic (exact) mass is 271 g/mol. The fourth-order valence-electron chi connectivity index (χ4n) is 2.31. The van der Waals surface area contributed by atoms with Gasteiger partial charge in [-0.1, -0.05) is 19.3 Å². The number of rotatable bonds is 8. The van der Waals surface area contributed by atoms with Gasteiger partial charge in [0, 0.05) is 32.1 Å². The molecule has 0 aliphatic carbocycles. The van der Waals surface area contributed by atoms with Crippen molar-refractivity contribution in [2.45, 2.75) is 51.0 Å². The van der Waals surface area contributed by atoms with Gasteiger partial charge >= 0.3 is 6.09 Å². The molecule has 0 aromatic rings. The molecular weight excluding hydrogens is 246 g/mol. The third-order valence-electron chi connectivity index (χ3n) is 3.42. The predicted molar refractivity (Wildman–Crippen MR) is 72.9 cm³/mol. The van der Waals surface area contributed by atoms with Gasteiger partial charge in [-0.05, 0) is 19.3 Å². The molecule has 0 aromatic carbocycles. The van der Waals surface area contributed by atoms with Gasteiger partial charge in [-0.25, -0.2) is 4.79 Å². The lowest BCUT2D eigenvalue weighted by Crippen LogP contribution is -2.46. The number of amides is 2. The third kappa shape index (κ3) is 7.00. The van der Waals surface area contributed by atoms with E-state index in [9.17, 15) is 9.59 Å². The molecule has 1 fully saturated rings. The number of hydrogen-bond acceptors (Lipinski definition) is 3. The molecule has 0 radical (unpaired) electrons. The molecule has 1 heterocycles. The number of piperidine rings is 1. The smallest absolute Gasteiger partial charge is 0.404 e. The Morgan fingerprint density at radius 2 is 2.00 bits per heavy atom. The van der Waals surface area contributed by atoms with Crippen molar-refractivity contribution in [2.75, 3.05) is 19.6 Å². The zero-order chi connectivity index (χ0) is 14.1. The quantitative estimate of drug-likeness (QED) is 0.577. The Kier molecular flexibility index (Phi) is 7.25. The van der Waals surface area contributed by atoms with E-state index in [2.05, 4.69) is 5.32 Å². The summed E-state index contributed by atoms with van der Waals surface area (Å²) >= 11 is 0. The first-order valence-electron chi connectivity index (χ1n) is 7.09. The predicted octanol–water partition coefficient (Wildman–Crippen LogP) is 1.15. The van der Waals surface area contributed by atoms with Gasteiger partial charge in [0.2, 0.25) is 5.91 Å². The lowest BCUT2D eigenvalue weighted by atomic mass is 10.1. The van der Waals surface area contributed by atoms with Crippen LogP contribution in [0.25, 0.3) is 0 Å². The number of carbonyl (C=O) groups is 2. The minimum atomic E-state index is -0.958. The van der Waals surface area contributed by atoms with E-state index in [1.165, 1.54) is 0 Å². The summed E-state index contributed by atoms with van der Waals surface area (Å²) < 4.78 is 0. The molecule has 6 nitrogen and oxygen atoms in total. The highest BCUT2D eigenvalue weighted by atomic mass is 16.4. The number of likely N-dealkylation sites (tertiary alicyclic amines) is 1. The molecule has 0 aromatic heterocycles. The van der Waals surface area contributed by atoms with E-state index >= 15 is 0 Å². The molecule has 110 valence electrons. The first kappa shape index (κ1) is 15.8. The Morgan fingerprint density at radius 3 is 2.74 bits per heavy atom. The molecule has 1 saturated heterocycles. The Bertz CT molecular complexity index is 297. The van der Waals surface area contributed by atoms with Crippen LogP contribution in [0.2, 0.25) is 0 Å². The maximum Gasteiger partial charge on any atom is 0.404 e. The largest absolute Gasteiger partial charge is 0.465 e. The molecule has 1 aliphatic heterocycles. The van der Waals surface area contributed by atoms with Crippen molar-refractivity contribution in [1.82, 2.24) is 10.2 Å². The summed E-state index contributed by atoms with van der Waals surface area (Å²) in [6, 6.07) is 0.139. The molecule has 19 heavy (non-hydrogen) atoms. The average molecular weight is 271 g/mol. The van der Waals surface area contributed by atoms with E-state index in [4.69, 9.17) is 10.8 Å². The van der Waals surface area contributed by atoms with Crippen LogP contribution in [0.3, 0.4) is 0 Å². The lowest BCUT2D eigenvalue weighted by molar-refractivity contribution is -0.133. The zero-order valence-electron chi connectivity index (χ0n) is 11.4. The Balaban J connectivity index is 1.95. The standard InChI is InChI=1S/C13H25N3O3/c14-11-6-7-12(17)16(10-11)9-5-3-1-2-4-8-15-13(18)19/h11,15H,1-10,14H2,(H,18,19). The van der Waals surface area contributed by atoms with Crippen LogP contribution in [0.4, 0.5) is 4.79 Å². The number of hydrogen-bond donors (Lipinski definition) is 3. The molecule has 6 heteroatoms. The number of nitrogens with one attached hydrogen (secondary N) is 1. The van der Waals surface area contributed by atoms with Crippen LogP contribution in [0, 0.1) is 0 Å². The van der Waals surface area contributed by atoms with Gasteiger partial charge in [-0.2, -0.15) is 0 Å². The van der Waals surface area contributed by atoms with Crippen LogP contribution in [0.15, 0.2) is 0 Å². The van der Waals surface area contributed by atoms with Gasteiger partial charge in [0.15, 0.2) is 0 Å². The van der Waals surface area contributed by atoms with Crippen molar-refractivity contribution in [3.63, 3.8) is 0 Å². The molecule has 0 saturated carbocycles. The maximum absolute atomic E-state index is 11.6. The van der Waals surface area contributed by atoms with Crippen LogP contribution >= 0.6 is 0 Å². The molecule has 1 rings (SSSR count). The third-order valence-corrected chi connectivity index (χ3v) is 3.42. The second-order valence-corrected chi connectivity index (χ2v) is 5.14. The molecule has 4 N–H and O–H groups in total. The van der Waals surface area contributed by atoms with Gasteiger partial charge in [-0.3, -0.25) is 4.79 Å². The number of carboxylic acid groups (broad SMARTS) is 1. The molecule has 1 aliphatic rings. The molecule has 2 amide bonds. The molecule has 0 spiro atoms. The van der Waals surface area contributed by atoms with E-state index in [1.807, 2.05) is 4.90 Å². The number of carbonyl (C=O) groups excluding carboxylic acids is 1. The fourth-order valence-corrected chi connectivity index (χ4v) is 2.31. The topological polar surface area (TPSA) is 95.7 Å². The van der Waals surface area contributed by atoms with Gasteiger partial charge in [0.25, 0.3) is 0 Å². The molecular formula is C13H25N3O3. The SMILES string of the molecule is NC1CCC(=O)N(CCCCCCCNC(=O)O)C1. The Morgan fingerprint density at radius 1 is 1.32 bits per heavy atom. The summed E-state index contributed by atoms with van der Waals surface area (Å²) in [5.41, 5.74) is 5.85. The summed E-state index contributed by atoms with van der Waals surface area (Å²) in [6.07, 6.45) is 5.49. The first-order chi connectivity index (χ1) is 9.09. The highest BCUT2D eigenvalue weighted by Crippen LogP contribution is 2.12. The molecule has 1 unspecified atom stereocenters. The normalized spacial score (nSPS) is 19.5. The second-order valence-electron chi connectivity index (χ2n) is 5.14. The van der Waals surface area contributed by atoms with Crippen LogP contribution in [-0.2, 0) is 4.79 Å². The van der Waals surface area contributed by atoms with Crippen LogP contribution in [-0.4, -0.2) is 47.7 Å². The molecule has 1 atom stereocenters. The lowest BCUT2D eigenvalue weighted by Gasteiger charge is -2.30. The fraction of sp³-hybridized carbons (Fsp3) is 0.846. The number of nitrogens with zero attached hydrogens (tertiary/aromatic N) is 1. The van der Waals surface area contributed by atoms with Gasteiger partial charge in [0.1, 0.15) is 0 Å². The van der Waals surface area contributed by atoms with Crippen molar-refractivity contribution >= 4 is 12.0 Å². The summed E-state index contributed by atoms with van der Waals surface area (Å²) in [6.45, 7) is 2.02. The summed E-state index contributed by atoms with van der Waals surface area (Å²) in [7, 11) is 0. The van der Waals surface area contributed by atoms with Crippen molar-refractivity contribution in [3.05, 3.63) is 0 Å². The van der Waals surface area contributed by atoms with Gasteiger partial charge in [0.05, 0.1) is 0 Å². The average Bonchev–Trinajstić information content (AvgIpc) is 2.36. The molecule has 0 bridgehead atoms. The van der Waals surface area contributed by atoms with E-state index < -0.39 is 6.09 Å². The minimum absolute atomic E-state index is 0.139. The Hall–Kier alpha value is -1.30. The first-order valence-corrected chi connectivity index (χ1v) is 7.09. The maximum atomic E-state index is 11.6. The van der Waals surface area contributed by atoms with Crippen LogP contribution < -0.4 is 11.1 Å². The van der Waals surface area contributed by atoms with E-state index in [0.717, 1.165) is 45.1 Å². The van der Waals surface area contributed by atoms with Crippen molar-refractivity contribution in [1.29, 1.82) is 0 Å². The highest BCUT2D eigenvalue weighted by Gasteiger charge is 2.22. The second kappa shape index (κ2) is 8.74. The number of unbranched alkanes of at least 4 members (excludes halogenated alkanes) is 4. The van der Waals surface area contributed by atoms with E-state index in [-0.39, 0.29) is 11.9 Å². The Labute approximate surface area is 114 Å². The summed E-state index contributed by atoms with van der Waals surface area (Å²) in [5, 5.41) is 10.7. The van der Waals surface area contributed by atoms with E-state index in [1.54, 1.807) is 0 Å². The highest BCUT2D eigenvalue weighted by molar-refractivity contribution is 5.77. The van der Waals surface area contributed by atoms with Crippen molar-refractivity contribution in [3.8, 4) is 0 Å². The van der Waals surface area contributed by atoms with Gasteiger partial charge < -0.3 is 21.1 Å². The minimum Gasteiger partial charge on any atom is -0.465 e. The van der Waals surface area contributed by atoms with Gasteiger partial charge in [-0.15, -0.1) is 0 Å². The van der Waals surface area contributed by atoms with Crippen LogP contribution in [0.5, 0.6) is 0 Å². The zero-order valence-corrected chi connectivity index (χ0v) is 11.4. The summed E-state index contributed by atoms with van der Waals surface area (Å²) in [5.74, 6) is 0.229. The van der Waals surface area contributed by atoms with Crippen LogP contribution in [0.1, 0.15) is 44.9 Å². The van der Waals surface area contributed by atoms with Crippen molar-refractivity contribution < 1.29 is 14.7 Å². The number of nitrogens with two attached hydrogens (primary N) is 1. The summed E-state index contributed by atoms with van der Waals surface area (Å²) in [4.78, 5) is 23.7. The van der Waals surface area contributed by atoms with E-state index in [0.29, 0.717) is 19.5 Å². The van der Waals surface area contributed by atoms with Crippen molar-refractivity contribution in [2.24, 2.45) is 5.73 Å².